The minimum Gasteiger partial charge on any atom is -0.495 e. The molecule has 21 heavy (non-hydrogen) atoms. The third kappa shape index (κ3) is 4.31. The fraction of sp³-hybridized carbons (Fsp3) is 0.294. The Labute approximate surface area is 125 Å². The summed E-state index contributed by atoms with van der Waals surface area (Å²) in [5, 5.41) is 2.89. The second-order valence-electron chi connectivity index (χ2n) is 5.09. The highest BCUT2D eigenvalue weighted by Gasteiger charge is 2.05. The predicted molar refractivity (Wildman–Crippen MR) is 83.2 cm³/mol. The van der Waals surface area contributed by atoms with Gasteiger partial charge in [0.15, 0.2) is 0 Å². The van der Waals surface area contributed by atoms with Gasteiger partial charge in [0, 0.05) is 18.5 Å². The SMILES string of the molecule is COc1ccc(-c2ccc(CC(C)NC(C)=O)cc2)nc1. The molecular weight excluding hydrogens is 264 g/mol. The summed E-state index contributed by atoms with van der Waals surface area (Å²) in [6.45, 7) is 3.54. The highest BCUT2D eigenvalue weighted by molar-refractivity contribution is 5.73. The molecule has 0 saturated heterocycles. The summed E-state index contributed by atoms with van der Waals surface area (Å²) in [4.78, 5) is 15.4. The maximum Gasteiger partial charge on any atom is 0.217 e. The van der Waals surface area contributed by atoms with Crippen molar-refractivity contribution >= 4 is 5.91 Å². The molecule has 1 atom stereocenters. The molecule has 2 rings (SSSR count). The molecule has 0 fully saturated rings. The van der Waals surface area contributed by atoms with Gasteiger partial charge in [0.1, 0.15) is 5.75 Å². The maximum atomic E-state index is 11.0. The second kappa shape index (κ2) is 6.88. The number of amides is 1. The lowest BCUT2D eigenvalue weighted by atomic mass is 10.0. The molecule has 1 unspecified atom stereocenters. The predicted octanol–water partition coefficient (Wildman–Crippen LogP) is 2.82. The van der Waals surface area contributed by atoms with Crippen LogP contribution in [0.5, 0.6) is 5.75 Å². The zero-order valence-electron chi connectivity index (χ0n) is 12.6. The highest BCUT2D eigenvalue weighted by atomic mass is 16.5. The Balaban J connectivity index is 2.05. The molecule has 1 aromatic carbocycles. The van der Waals surface area contributed by atoms with Gasteiger partial charge in [0.05, 0.1) is 19.0 Å². The van der Waals surface area contributed by atoms with Gasteiger partial charge in [-0.15, -0.1) is 0 Å². The van der Waals surface area contributed by atoms with Crippen molar-refractivity contribution in [1.82, 2.24) is 10.3 Å². The number of methoxy groups -OCH3 is 1. The molecule has 0 aliphatic carbocycles. The zero-order valence-corrected chi connectivity index (χ0v) is 12.6. The Bertz CT molecular complexity index is 591. The molecule has 1 N–H and O–H groups in total. The van der Waals surface area contributed by atoms with E-state index in [1.165, 1.54) is 12.5 Å². The topological polar surface area (TPSA) is 51.2 Å². The largest absolute Gasteiger partial charge is 0.495 e. The van der Waals surface area contributed by atoms with Crippen LogP contribution in [0.25, 0.3) is 11.3 Å². The van der Waals surface area contributed by atoms with Crippen molar-refractivity contribution in [3.63, 3.8) is 0 Å². The van der Waals surface area contributed by atoms with Crippen molar-refractivity contribution in [3.05, 3.63) is 48.2 Å². The first-order chi connectivity index (χ1) is 10.1. The van der Waals surface area contributed by atoms with Crippen molar-refractivity contribution < 1.29 is 9.53 Å². The van der Waals surface area contributed by atoms with Gasteiger partial charge >= 0.3 is 0 Å². The van der Waals surface area contributed by atoms with Gasteiger partial charge in [0.2, 0.25) is 5.91 Å². The van der Waals surface area contributed by atoms with E-state index in [1.54, 1.807) is 13.3 Å². The number of rotatable bonds is 5. The minimum absolute atomic E-state index is 0.00144. The lowest BCUT2D eigenvalue weighted by Crippen LogP contribution is -2.31. The number of carbonyl (C=O) groups excluding carboxylic acids is 1. The quantitative estimate of drug-likeness (QED) is 0.918. The Kier molecular flexibility index (Phi) is 4.93. The smallest absolute Gasteiger partial charge is 0.217 e. The molecule has 0 radical (unpaired) electrons. The van der Waals surface area contributed by atoms with Crippen LogP contribution in [0.4, 0.5) is 0 Å². The summed E-state index contributed by atoms with van der Waals surface area (Å²) in [6, 6.07) is 12.2. The number of hydrogen-bond donors (Lipinski definition) is 1. The highest BCUT2D eigenvalue weighted by Crippen LogP contribution is 2.20. The van der Waals surface area contributed by atoms with E-state index in [4.69, 9.17) is 4.74 Å². The summed E-state index contributed by atoms with van der Waals surface area (Å²) in [5.74, 6) is 0.751. The van der Waals surface area contributed by atoms with Gasteiger partial charge in [-0.2, -0.15) is 0 Å². The molecule has 0 aliphatic rings. The van der Waals surface area contributed by atoms with Crippen LogP contribution < -0.4 is 10.1 Å². The zero-order chi connectivity index (χ0) is 15.2. The third-order valence-corrected chi connectivity index (χ3v) is 3.21. The number of hydrogen-bond acceptors (Lipinski definition) is 3. The lowest BCUT2D eigenvalue weighted by molar-refractivity contribution is -0.119. The first-order valence-corrected chi connectivity index (χ1v) is 6.95. The van der Waals surface area contributed by atoms with Gasteiger partial charge in [-0.3, -0.25) is 9.78 Å². The van der Waals surface area contributed by atoms with E-state index in [-0.39, 0.29) is 11.9 Å². The van der Waals surface area contributed by atoms with Crippen molar-refractivity contribution in [2.75, 3.05) is 7.11 Å². The first kappa shape index (κ1) is 15.0. The van der Waals surface area contributed by atoms with E-state index < -0.39 is 0 Å². The summed E-state index contributed by atoms with van der Waals surface area (Å²) >= 11 is 0. The Morgan fingerprint density at radius 1 is 1.24 bits per heavy atom. The third-order valence-electron chi connectivity index (χ3n) is 3.21. The normalized spacial score (nSPS) is 11.8. The van der Waals surface area contributed by atoms with Crippen molar-refractivity contribution in [2.24, 2.45) is 0 Å². The fourth-order valence-corrected chi connectivity index (χ4v) is 2.23. The van der Waals surface area contributed by atoms with E-state index in [2.05, 4.69) is 22.4 Å². The molecule has 0 saturated carbocycles. The molecule has 0 spiro atoms. The summed E-state index contributed by atoms with van der Waals surface area (Å²) < 4.78 is 5.10. The van der Waals surface area contributed by atoms with E-state index >= 15 is 0 Å². The molecule has 0 aliphatic heterocycles. The number of ether oxygens (including phenoxy) is 1. The van der Waals surface area contributed by atoms with Crippen LogP contribution in [-0.4, -0.2) is 24.0 Å². The van der Waals surface area contributed by atoms with E-state index in [0.717, 1.165) is 23.4 Å². The number of nitrogens with zero attached hydrogens (tertiary/aromatic N) is 1. The monoisotopic (exact) mass is 284 g/mol. The van der Waals surface area contributed by atoms with Crippen molar-refractivity contribution in [3.8, 4) is 17.0 Å². The molecule has 1 amide bonds. The minimum atomic E-state index is 0.00144. The Hall–Kier alpha value is -2.36. The van der Waals surface area contributed by atoms with E-state index in [0.29, 0.717) is 0 Å². The van der Waals surface area contributed by atoms with Gasteiger partial charge < -0.3 is 10.1 Å². The average Bonchev–Trinajstić information content (AvgIpc) is 2.47. The van der Waals surface area contributed by atoms with Crippen LogP contribution in [0, 0.1) is 0 Å². The van der Waals surface area contributed by atoms with Crippen LogP contribution in [0.3, 0.4) is 0 Å². The fourth-order valence-electron chi connectivity index (χ4n) is 2.23. The van der Waals surface area contributed by atoms with E-state index in [1.807, 2.05) is 31.2 Å². The number of nitrogens with one attached hydrogen (secondary N) is 1. The standard InChI is InChI=1S/C17H20N2O2/c1-12(19-13(2)20)10-14-4-6-15(7-5-14)17-9-8-16(21-3)11-18-17/h4-9,11-12H,10H2,1-3H3,(H,19,20). The molecule has 2 aromatic rings. The molecule has 1 heterocycles. The molecule has 110 valence electrons. The first-order valence-electron chi connectivity index (χ1n) is 6.95. The van der Waals surface area contributed by atoms with Gasteiger partial charge in [0.25, 0.3) is 0 Å². The Morgan fingerprint density at radius 2 is 1.95 bits per heavy atom. The summed E-state index contributed by atoms with van der Waals surface area (Å²) in [7, 11) is 1.63. The van der Waals surface area contributed by atoms with Crippen LogP contribution >= 0.6 is 0 Å². The molecule has 4 nitrogen and oxygen atoms in total. The number of aromatic nitrogens is 1. The Morgan fingerprint density at radius 3 is 2.48 bits per heavy atom. The van der Waals surface area contributed by atoms with Crippen LogP contribution in [0.2, 0.25) is 0 Å². The maximum absolute atomic E-state index is 11.0. The number of benzene rings is 1. The lowest BCUT2D eigenvalue weighted by Gasteiger charge is -2.12. The summed E-state index contributed by atoms with van der Waals surface area (Å²) in [5.41, 5.74) is 3.17. The number of pyridine rings is 1. The van der Waals surface area contributed by atoms with Crippen molar-refractivity contribution in [1.29, 1.82) is 0 Å². The second-order valence-corrected chi connectivity index (χ2v) is 5.09. The molecule has 0 bridgehead atoms. The summed E-state index contributed by atoms with van der Waals surface area (Å²) in [6.07, 6.45) is 2.53. The molecular formula is C17H20N2O2. The van der Waals surface area contributed by atoms with Gasteiger partial charge in [-0.05, 0) is 31.0 Å². The van der Waals surface area contributed by atoms with Crippen LogP contribution in [0.15, 0.2) is 42.6 Å². The van der Waals surface area contributed by atoms with Gasteiger partial charge in [-0.1, -0.05) is 24.3 Å². The molecule has 4 heteroatoms. The van der Waals surface area contributed by atoms with Crippen molar-refractivity contribution in [2.45, 2.75) is 26.3 Å². The van der Waals surface area contributed by atoms with Crippen LogP contribution in [-0.2, 0) is 11.2 Å². The molecule has 1 aromatic heterocycles. The van der Waals surface area contributed by atoms with Gasteiger partial charge in [-0.25, -0.2) is 0 Å². The average molecular weight is 284 g/mol. The van der Waals surface area contributed by atoms with Crippen LogP contribution in [0.1, 0.15) is 19.4 Å². The number of carbonyl (C=O) groups is 1. The van der Waals surface area contributed by atoms with E-state index in [9.17, 15) is 4.79 Å².